The second kappa shape index (κ2) is 9.06. The largest absolute Gasteiger partial charge is 0.486 e. The minimum Gasteiger partial charge on any atom is -0.486 e. The normalized spacial score (nSPS) is 15.6. The number of aryl methyl sites for hydroxylation is 2. The number of hydrogen-bond acceptors (Lipinski definition) is 4. The maximum atomic E-state index is 13.0. The number of H-pyrrole nitrogens is 1. The highest BCUT2D eigenvalue weighted by Crippen LogP contribution is 2.34. The van der Waals surface area contributed by atoms with Gasteiger partial charge in [-0.2, -0.15) is 0 Å². The van der Waals surface area contributed by atoms with Crippen LogP contribution in [0.2, 0.25) is 0 Å². The van der Waals surface area contributed by atoms with E-state index < -0.39 is 0 Å². The van der Waals surface area contributed by atoms with Crippen LogP contribution in [0.1, 0.15) is 42.4 Å². The van der Waals surface area contributed by atoms with E-state index in [1.54, 1.807) is 0 Å². The fourth-order valence-electron chi connectivity index (χ4n) is 4.81. The molecule has 1 aromatic heterocycles. The van der Waals surface area contributed by atoms with Gasteiger partial charge in [0.1, 0.15) is 13.2 Å². The number of fused-ring (bicyclic) bond motifs is 2. The minimum absolute atomic E-state index is 0.100. The first-order valence-electron chi connectivity index (χ1n) is 11.6. The van der Waals surface area contributed by atoms with Gasteiger partial charge in [-0.05, 0) is 62.7 Å². The molecule has 0 saturated heterocycles. The van der Waals surface area contributed by atoms with Crippen molar-refractivity contribution in [2.45, 2.75) is 52.1 Å². The predicted molar refractivity (Wildman–Crippen MR) is 135 cm³/mol. The van der Waals surface area contributed by atoms with Gasteiger partial charge in [0.05, 0.1) is 12.1 Å². The molecule has 33 heavy (non-hydrogen) atoms. The lowest BCUT2D eigenvalue weighted by Crippen LogP contribution is -2.42. The van der Waals surface area contributed by atoms with Crippen molar-refractivity contribution in [2.75, 3.05) is 18.5 Å². The monoisotopic (exact) mass is 463 g/mol. The Morgan fingerprint density at radius 1 is 1.09 bits per heavy atom. The number of aromatic amines is 1. The van der Waals surface area contributed by atoms with Crippen molar-refractivity contribution in [1.82, 2.24) is 9.88 Å². The summed E-state index contributed by atoms with van der Waals surface area (Å²) in [6, 6.07) is 12.4. The number of benzene rings is 2. The van der Waals surface area contributed by atoms with E-state index in [0.29, 0.717) is 48.0 Å². The first kappa shape index (κ1) is 21.8. The summed E-state index contributed by atoms with van der Waals surface area (Å²) in [7, 11) is 0. The molecule has 0 unspecified atom stereocenters. The molecule has 1 fully saturated rings. The minimum atomic E-state index is -0.100. The van der Waals surface area contributed by atoms with E-state index >= 15 is 0 Å². The summed E-state index contributed by atoms with van der Waals surface area (Å²) in [4.78, 5) is 18.2. The van der Waals surface area contributed by atoms with Crippen LogP contribution in [0.4, 0.5) is 5.69 Å². The number of nitrogens with one attached hydrogen (secondary N) is 2. The molecule has 0 atom stereocenters. The predicted octanol–water partition coefficient (Wildman–Crippen LogP) is 5.06. The number of rotatable bonds is 4. The van der Waals surface area contributed by atoms with Gasteiger partial charge in [-0.15, -0.1) is 0 Å². The topological polar surface area (TPSA) is 66.6 Å². The third-order valence-corrected chi connectivity index (χ3v) is 6.91. The zero-order valence-electron chi connectivity index (χ0n) is 19.1. The van der Waals surface area contributed by atoms with Gasteiger partial charge in [0.2, 0.25) is 0 Å². The van der Waals surface area contributed by atoms with Gasteiger partial charge in [-0.25, -0.2) is 0 Å². The van der Waals surface area contributed by atoms with Crippen LogP contribution in [0.25, 0.3) is 10.9 Å². The lowest BCUT2D eigenvalue weighted by molar-refractivity contribution is 0.172. The Balaban J connectivity index is 1.45. The molecule has 1 aliphatic heterocycles. The number of nitrogens with zero attached hydrogens (tertiary/aromatic N) is 1. The molecular weight excluding hydrogens is 434 g/mol. The molecule has 0 bridgehead atoms. The van der Waals surface area contributed by atoms with Gasteiger partial charge < -0.3 is 24.7 Å². The van der Waals surface area contributed by atoms with E-state index in [1.807, 2.05) is 18.2 Å². The summed E-state index contributed by atoms with van der Waals surface area (Å²) in [5, 5.41) is 5.03. The fourth-order valence-corrected chi connectivity index (χ4v) is 5.14. The average molecular weight is 464 g/mol. The smallest absolute Gasteiger partial charge is 0.253 e. The molecule has 5 rings (SSSR count). The molecule has 0 amide bonds. The molecule has 0 spiro atoms. The van der Waals surface area contributed by atoms with Gasteiger partial charge in [0, 0.05) is 28.7 Å². The van der Waals surface area contributed by atoms with Gasteiger partial charge in [0.25, 0.3) is 5.56 Å². The summed E-state index contributed by atoms with van der Waals surface area (Å²) >= 11 is 5.87. The fraction of sp³-hybridized carbons (Fsp3) is 0.385. The lowest BCUT2D eigenvalue weighted by Gasteiger charge is -2.32. The molecule has 172 valence electrons. The summed E-state index contributed by atoms with van der Waals surface area (Å²) in [5.41, 5.74) is 4.71. The van der Waals surface area contributed by atoms with Crippen molar-refractivity contribution in [1.29, 1.82) is 0 Å². The van der Waals surface area contributed by atoms with Gasteiger partial charge in [-0.1, -0.05) is 30.5 Å². The second-order valence-electron chi connectivity index (χ2n) is 9.02. The molecule has 6 nitrogen and oxygen atoms in total. The Hall–Kier alpha value is -3.06. The molecule has 3 aromatic rings. The number of aromatic nitrogens is 1. The number of pyridine rings is 1. The van der Waals surface area contributed by atoms with Gasteiger partial charge in [-0.3, -0.25) is 4.79 Å². The maximum Gasteiger partial charge on any atom is 0.253 e. The molecule has 2 heterocycles. The molecule has 0 radical (unpaired) electrons. The first-order valence-corrected chi connectivity index (χ1v) is 12.0. The van der Waals surface area contributed by atoms with Crippen molar-refractivity contribution in [2.24, 2.45) is 0 Å². The van der Waals surface area contributed by atoms with Gasteiger partial charge in [0.15, 0.2) is 16.6 Å². The number of thiocarbonyl (C=S) groups is 1. The third kappa shape index (κ3) is 4.55. The summed E-state index contributed by atoms with van der Waals surface area (Å²) < 4.78 is 11.4. The van der Waals surface area contributed by atoms with Crippen LogP contribution in [-0.2, 0) is 6.54 Å². The van der Waals surface area contributed by atoms with Crippen LogP contribution in [-0.4, -0.2) is 34.3 Å². The van der Waals surface area contributed by atoms with Crippen molar-refractivity contribution in [3.8, 4) is 11.5 Å². The van der Waals surface area contributed by atoms with Crippen LogP contribution in [0, 0.1) is 13.8 Å². The molecule has 2 aliphatic rings. The standard InChI is InChI=1S/C26H29N3O3S/c1-16-7-8-21(17(2)11-16)28-26(33)29(20-5-3-4-6-20)15-19-12-18-13-23-24(32-10-9-31-23)14-22(18)27-25(19)30/h7-8,11-14,20H,3-6,9-10,15H2,1-2H3,(H,27,30)(H,28,33). The number of hydrogen-bond donors (Lipinski definition) is 2. The first-order chi connectivity index (χ1) is 16.0. The highest BCUT2D eigenvalue weighted by Gasteiger charge is 2.26. The van der Waals surface area contributed by atoms with Crippen LogP contribution in [0.3, 0.4) is 0 Å². The molecular formula is C26H29N3O3S. The van der Waals surface area contributed by atoms with E-state index in [-0.39, 0.29) is 5.56 Å². The second-order valence-corrected chi connectivity index (χ2v) is 9.41. The van der Waals surface area contributed by atoms with Crippen molar-refractivity contribution >= 4 is 33.9 Å². The van der Waals surface area contributed by atoms with Crippen LogP contribution >= 0.6 is 12.2 Å². The van der Waals surface area contributed by atoms with Crippen molar-refractivity contribution < 1.29 is 9.47 Å². The quantitative estimate of drug-likeness (QED) is 0.528. The SMILES string of the molecule is Cc1ccc(NC(=S)N(Cc2cc3cc4c(cc3[nH]c2=O)OCCO4)C2CCCC2)c(C)c1. The Kier molecular flexibility index (Phi) is 5.98. The van der Waals surface area contributed by atoms with Crippen molar-refractivity contribution in [3.63, 3.8) is 0 Å². The summed E-state index contributed by atoms with van der Waals surface area (Å²) in [6.07, 6.45) is 4.54. The average Bonchev–Trinajstić information content (AvgIpc) is 3.32. The Bertz CT molecular complexity index is 1260. The molecule has 2 aromatic carbocycles. The van der Waals surface area contributed by atoms with Crippen LogP contribution < -0.4 is 20.3 Å². The lowest BCUT2D eigenvalue weighted by atomic mass is 10.1. The van der Waals surface area contributed by atoms with E-state index in [2.05, 4.69) is 47.2 Å². The maximum absolute atomic E-state index is 13.0. The highest BCUT2D eigenvalue weighted by molar-refractivity contribution is 7.80. The van der Waals surface area contributed by atoms with Gasteiger partial charge >= 0.3 is 0 Å². The zero-order chi connectivity index (χ0) is 22.9. The molecule has 2 N–H and O–H groups in total. The number of anilines is 1. The molecule has 7 heteroatoms. The van der Waals surface area contributed by atoms with E-state index in [4.69, 9.17) is 21.7 Å². The Labute approximate surface area is 198 Å². The van der Waals surface area contributed by atoms with E-state index in [9.17, 15) is 4.79 Å². The van der Waals surface area contributed by atoms with Crippen molar-refractivity contribution in [3.05, 3.63) is 63.4 Å². The Morgan fingerprint density at radius 3 is 2.55 bits per heavy atom. The Morgan fingerprint density at radius 2 is 1.82 bits per heavy atom. The summed E-state index contributed by atoms with van der Waals surface area (Å²) in [5.74, 6) is 1.38. The summed E-state index contributed by atoms with van der Waals surface area (Å²) in [6.45, 7) is 5.67. The van der Waals surface area contributed by atoms with E-state index in [1.165, 1.54) is 18.4 Å². The highest BCUT2D eigenvalue weighted by atomic mass is 32.1. The molecule has 1 saturated carbocycles. The molecule has 1 aliphatic carbocycles. The third-order valence-electron chi connectivity index (χ3n) is 6.57. The van der Waals surface area contributed by atoms with Crippen LogP contribution in [0.15, 0.2) is 41.2 Å². The van der Waals surface area contributed by atoms with E-state index in [0.717, 1.165) is 35.0 Å². The zero-order valence-corrected chi connectivity index (χ0v) is 19.9. The van der Waals surface area contributed by atoms with Crippen LogP contribution in [0.5, 0.6) is 11.5 Å². The number of ether oxygens (including phenoxy) is 2.